The number of imide groups is 1. The molecule has 156 valence electrons. The van der Waals surface area contributed by atoms with Crippen LogP contribution in [0.1, 0.15) is 49.1 Å². The number of nitrogens with one attached hydrogen (secondary N) is 1. The highest BCUT2D eigenvalue weighted by Gasteiger charge is 2.39. The van der Waals surface area contributed by atoms with Crippen LogP contribution in [0.4, 0.5) is 10.5 Å². The number of amides is 3. The fourth-order valence-electron chi connectivity index (χ4n) is 4.43. The van der Waals surface area contributed by atoms with Crippen molar-refractivity contribution in [3.63, 3.8) is 0 Å². The third-order valence-corrected chi connectivity index (χ3v) is 5.94. The fraction of sp³-hybridized carbons (Fsp3) is 0.364. The molecule has 0 unspecified atom stereocenters. The van der Waals surface area contributed by atoms with E-state index < -0.39 is 4.92 Å². The minimum Gasteiger partial charge on any atom is -0.318 e. The highest BCUT2D eigenvalue weighted by Crippen LogP contribution is 2.28. The Morgan fingerprint density at radius 3 is 2.40 bits per heavy atom. The van der Waals surface area contributed by atoms with Gasteiger partial charge in [0.25, 0.3) is 11.6 Å². The molecule has 0 radical (unpaired) electrons. The predicted octanol–water partition coefficient (Wildman–Crippen LogP) is 4.23. The SMILES string of the molecule is Cc1cc(/C=C2\NC(=O)N(C3CCCCC3)C2=O)c(C)n1-c1ccc([N+](=O)[O-])cc1. The predicted molar refractivity (Wildman–Crippen MR) is 112 cm³/mol. The smallest absolute Gasteiger partial charge is 0.318 e. The minimum atomic E-state index is -0.429. The highest BCUT2D eigenvalue weighted by molar-refractivity contribution is 6.14. The Balaban J connectivity index is 1.63. The van der Waals surface area contributed by atoms with Crippen LogP contribution in [0.25, 0.3) is 11.8 Å². The van der Waals surface area contributed by atoms with Crippen LogP contribution >= 0.6 is 0 Å². The summed E-state index contributed by atoms with van der Waals surface area (Å²) in [5.41, 5.74) is 3.74. The van der Waals surface area contributed by atoms with Gasteiger partial charge >= 0.3 is 6.03 Å². The zero-order chi connectivity index (χ0) is 21.4. The molecule has 0 spiro atoms. The van der Waals surface area contributed by atoms with E-state index in [9.17, 15) is 19.7 Å². The lowest BCUT2D eigenvalue weighted by Crippen LogP contribution is -2.41. The molecule has 30 heavy (non-hydrogen) atoms. The van der Waals surface area contributed by atoms with Crippen LogP contribution in [0.15, 0.2) is 36.0 Å². The quantitative estimate of drug-likeness (QED) is 0.354. The Hall–Kier alpha value is -3.42. The summed E-state index contributed by atoms with van der Waals surface area (Å²) in [6, 6.07) is 7.90. The molecule has 8 nitrogen and oxygen atoms in total. The summed E-state index contributed by atoms with van der Waals surface area (Å²) in [5, 5.41) is 13.6. The number of rotatable bonds is 4. The summed E-state index contributed by atoms with van der Waals surface area (Å²) in [5.74, 6) is -0.271. The topological polar surface area (TPSA) is 97.5 Å². The molecular weight excluding hydrogens is 384 g/mol. The summed E-state index contributed by atoms with van der Waals surface area (Å²) < 4.78 is 1.97. The second-order valence-corrected chi connectivity index (χ2v) is 7.89. The first-order valence-corrected chi connectivity index (χ1v) is 10.2. The van der Waals surface area contributed by atoms with Crippen LogP contribution in [0.3, 0.4) is 0 Å². The van der Waals surface area contributed by atoms with Crippen LogP contribution in [-0.4, -0.2) is 32.4 Å². The molecule has 1 aliphatic carbocycles. The number of nitro benzene ring substituents is 1. The summed E-state index contributed by atoms with van der Waals surface area (Å²) in [6.45, 7) is 3.85. The molecule has 1 aromatic carbocycles. The van der Waals surface area contributed by atoms with Crippen molar-refractivity contribution in [1.29, 1.82) is 0 Å². The molecule has 3 amide bonds. The lowest BCUT2D eigenvalue weighted by Gasteiger charge is -2.28. The third kappa shape index (κ3) is 3.49. The number of carbonyl (C=O) groups is 2. The van der Waals surface area contributed by atoms with Gasteiger partial charge in [-0.2, -0.15) is 0 Å². The van der Waals surface area contributed by atoms with Crippen molar-refractivity contribution in [2.24, 2.45) is 0 Å². The molecule has 4 rings (SSSR count). The van der Waals surface area contributed by atoms with Gasteiger partial charge in [-0.3, -0.25) is 19.8 Å². The normalized spacial score (nSPS) is 18.9. The lowest BCUT2D eigenvalue weighted by atomic mass is 9.94. The van der Waals surface area contributed by atoms with Gasteiger partial charge in [-0.1, -0.05) is 19.3 Å². The molecule has 1 aliphatic heterocycles. The Morgan fingerprint density at radius 2 is 1.77 bits per heavy atom. The minimum absolute atomic E-state index is 0.0234. The Kier molecular flexibility index (Phi) is 5.15. The zero-order valence-corrected chi connectivity index (χ0v) is 17.1. The van der Waals surface area contributed by atoms with Gasteiger partial charge in [-0.05, 0) is 56.5 Å². The number of nitro groups is 1. The van der Waals surface area contributed by atoms with Gasteiger partial charge in [-0.25, -0.2) is 4.79 Å². The Labute approximate surface area is 174 Å². The first-order chi connectivity index (χ1) is 14.4. The maximum Gasteiger partial charge on any atom is 0.329 e. The van der Waals surface area contributed by atoms with Crippen LogP contribution in [0.5, 0.6) is 0 Å². The number of aromatic nitrogens is 1. The van der Waals surface area contributed by atoms with E-state index >= 15 is 0 Å². The van der Waals surface area contributed by atoms with Crippen molar-refractivity contribution in [2.45, 2.75) is 52.0 Å². The van der Waals surface area contributed by atoms with Crippen LogP contribution in [-0.2, 0) is 4.79 Å². The maximum atomic E-state index is 12.9. The van der Waals surface area contributed by atoms with Crippen LogP contribution < -0.4 is 5.32 Å². The van der Waals surface area contributed by atoms with E-state index in [2.05, 4.69) is 5.32 Å². The summed E-state index contributed by atoms with van der Waals surface area (Å²) in [6.07, 6.45) is 6.67. The molecule has 8 heteroatoms. The van der Waals surface area contributed by atoms with Crippen molar-refractivity contribution in [3.8, 4) is 5.69 Å². The van der Waals surface area contributed by atoms with E-state index in [0.29, 0.717) is 0 Å². The Morgan fingerprint density at radius 1 is 1.10 bits per heavy atom. The summed E-state index contributed by atoms with van der Waals surface area (Å²) in [4.78, 5) is 37.2. The number of aryl methyl sites for hydroxylation is 1. The number of hydrogen-bond acceptors (Lipinski definition) is 4. The molecule has 2 fully saturated rings. The number of carbonyl (C=O) groups excluding carboxylic acids is 2. The van der Waals surface area contributed by atoms with Gasteiger partial charge in [-0.15, -0.1) is 0 Å². The number of hydrogen-bond donors (Lipinski definition) is 1. The second kappa shape index (κ2) is 7.78. The lowest BCUT2D eigenvalue weighted by molar-refractivity contribution is -0.384. The van der Waals surface area contributed by atoms with Crippen molar-refractivity contribution in [2.75, 3.05) is 0 Å². The molecule has 1 aromatic heterocycles. The van der Waals surface area contributed by atoms with Crippen molar-refractivity contribution >= 4 is 23.7 Å². The first-order valence-electron chi connectivity index (χ1n) is 10.2. The molecule has 1 N–H and O–H groups in total. The first kappa shape index (κ1) is 19.9. The largest absolute Gasteiger partial charge is 0.329 e. The molecular formula is C22H24N4O4. The van der Waals surface area contributed by atoms with Crippen molar-refractivity contribution in [3.05, 3.63) is 63.1 Å². The van der Waals surface area contributed by atoms with E-state index in [1.165, 1.54) is 17.0 Å². The molecule has 1 saturated carbocycles. The van der Waals surface area contributed by atoms with Crippen LogP contribution in [0.2, 0.25) is 0 Å². The van der Waals surface area contributed by atoms with Crippen LogP contribution in [0, 0.1) is 24.0 Å². The summed E-state index contributed by atoms with van der Waals surface area (Å²) in [7, 11) is 0. The van der Waals surface area contributed by atoms with Gasteiger partial charge in [0.1, 0.15) is 5.70 Å². The highest BCUT2D eigenvalue weighted by atomic mass is 16.6. The van der Waals surface area contributed by atoms with Crippen molar-refractivity contribution < 1.29 is 14.5 Å². The summed E-state index contributed by atoms with van der Waals surface area (Å²) >= 11 is 0. The van der Waals surface area contributed by atoms with E-state index in [1.54, 1.807) is 18.2 Å². The maximum absolute atomic E-state index is 12.9. The van der Waals surface area contributed by atoms with E-state index in [-0.39, 0.29) is 29.4 Å². The number of non-ortho nitro benzene ring substituents is 1. The average Bonchev–Trinajstić information content (AvgIpc) is 3.17. The average molecular weight is 408 g/mol. The number of benzene rings is 1. The standard InChI is InChI=1S/C22H24N4O4/c1-14-12-16(15(2)24(14)18-8-10-19(11-9-18)26(29)30)13-20-21(27)25(22(28)23-20)17-6-4-3-5-7-17/h8-13,17H,3-7H2,1-2H3,(H,23,28)/b20-13-. The number of urea groups is 1. The van der Waals surface area contributed by atoms with Gasteiger partial charge in [0.2, 0.25) is 0 Å². The van der Waals surface area contributed by atoms with E-state index in [4.69, 9.17) is 0 Å². The monoisotopic (exact) mass is 408 g/mol. The fourth-order valence-corrected chi connectivity index (χ4v) is 4.43. The van der Waals surface area contributed by atoms with Gasteiger partial charge in [0.15, 0.2) is 0 Å². The second-order valence-electron chi connectivity index (χ2n) is 7.89. The van der Waals surface area contributed by atoms with Crippen molar-refractivity contribution in [1.82, 2.24) is 14.8 Å². The molecule has 0 atom stereocenters. The number of nitrogens with zero attached hydrogens (tertiary/aromatic N) is 3. The molecule has 1 saturated heterocycles. The van der Waals surface area contributed by atoms with Gasteiger partial charge < -0.3 is 9.88 Å². The Bertz CT molecular complexity index is 1050. The van der Waals surface area contributed by atoms with Gasteiger partial charge in [0, 0.05) is 35.2 Å². The molecule has 2 aliphatic rings. The zero-order valence-electron chi connectivity index (χ0n) is 17.1. The van der Waals surface area contributed by atoms with Gasteiger partial charge in [0.05, 0.1) is 4.92 Å². The molecule has 2 heterocycles. The third-order valence-electron chi connectivity index (χ3n) is 5.94. The van der Waals surface area contributed by atoms with E-state index in [0.717, 1.165) is 54.7 Å². The molecule has 0 bridgehead atoms. The molecule has 2 aromatic rings. The van der Waals surface area contributed by atoms with E-state index in [1.807, 2.05) is 24.5 Å².